The van der Waals surface area contributed by atoms with Gasteiger partial charge in [-0.1, -0.05) is 0 Å². The predicted octanol–water partition coefficient (Wildman–Crippen LogP) is 1.96. The molecule has 0 atom stereocenters. The summed E-state index contributed by atoms with van der Waals surface area (Å²) in [4.78, 5) is 2.82. The zero-order chi connectivity index (χ0) is 13.2. The van der Waals surface area contributed by atoms with Crippen LogP contribution in [-0.2, 0) is 9.05 Å². The summed E-state index contributed by atoms with van der Waals surface area (Å²) in [7, 11) is 3.03. The van der Waals surface area contributed by atoms with Crippen LogP contribution in [0.15, 0.2) is 11.1 Å². The second-order valence-electron chi connectivity index (χ2n) is 2.82. The van der Waals surface area contributed by atoms with Crippen molar-refractivity contribution in [1.82, 2.24) is 4.98 Å². The molecule has 1 aromatic heterocycles. The summed E-state index contributed by atoms with van der Waals surface area (Å²) in [6, 6.07) is 0. The van der Waals surface area contributed by atoms with Crippen molar-refractivity contribution in [1.29, 1.82) is 0 Å². The quantitative estimate of drug-likeness (QED) is 0.792. The van der Waals surface area contributed by atoms with E-state index in [9.17, 15) is 17.2 Å². The second kappa shape index (κ2) is 5.01. The zero-order valence-electron chi connectivity index (χ0n) is 8.78. The van der Waals surface area contributed by atoms with Crippen molar-refractivity contribution in [2.45, 2.75) is 11.3 Å². The van der Waals surface area contributed by atoms with E-state index in [2.05, 4.69) is 14.5 Å². The van der Waals surface area contributed by atoms with Gasteiger partial charge in [0.1, 0.15) is 10.5 Å². The highest BCUT2D eigenvalue weighted by atomic mass is 35.7. The maximum atomic E-state index is 12.8. The summed E-state index contributed by atoms with van der Waals surface area (Å²) in [6.45, 7) is 0. The van der Waals surface area contributed by atoms with Gasteiger partial charge < -0.3 is 9.47 Å². The highest BCUT2D eigenvalue weighted by Gasteiger charge is 2.28. The van der Waals surface area contributed by atoms with Gasteiger partial charge in [-0.3, -0.25) is 0 Å². The van der Waals surface area contributed by atoms with Crippen LogP contribution in [-0.4, -0.2) is 27.6 Å². The highest BCUT2D eigenvalue weighted by Crippen LogP contribution is 2.40. The number of halogens is 3. The Morgan fingerprint density at radius 1 is 1.35 bits per heavy atom. The Bertz CT molecular complexity index is 521. The third-order valence-corrected chi connectivity index (χ3v) is 3.19. The molecule has 0 saturated heterocycles. The summed E-state index contributed by atoms with van der Waals surface area (Å²) in [5, 5.41) is 0. The van der Waals surface area contributed by atoms with Crippen LogP contribution in [0.3, 0.4) is 0 Å². The van der Waals surface area contributed by atoms with Gasteiger partial charge in [0.25, 0.3) is 15.5 Å². The molecule has 0 saturated carbocycles. The third-order valence-electron chi connectivity index (χ3n) is 1.88. The van der Waals surface area contributed by atoms with Crippen LogP contribution in [0.1, 0.15) is 12.0 Å². The maximum Gasteiger partial charge on any atom is 0.272 e. The van der Waals surface area contributed by atoms with Crippen molar-refractivity contribution in [2.24, 2.45) is 0 Å². The molecule has 1 rings (SSSR count). The van der Waals surface area contributed by atoms with Gasteiger partial charge in [0.15, 0.2) is 5.75 Å². The molecule has 0 aromatic carbocycles. The van der Waals surface area contributed by atoms with Crippen LogP contribution in [0.2, 0.25) is 0 Å². The van der Waals surface area contributed by atoms with E-state index in [-0.39, 0.29) is 0 Å². The summed E-state index contributed by atoms with van der Waals surface area (Å²) in [6.07, 6.45) is -2.21. The van der Waals surface area contributed by atoms with Gasteiger partial charge >= 0.3 is 0 Å². The number of pyridine rings is 1. The fourth-order valence-electron chi connectivity index (χ4n) is 1.21. The van der Waals surface area contributed by atoms with Crippen LogP contribution in [0.25, 0.3) is 0 Å². The topological polar surface area (TPSA) is 65.5 Å². The Morgan fingerprint density at radius 2 is 1.94 bits per heavy atom. The molecule has 9 heteroatoms. The van der Waals surface area contributed by atoms with Gasteiger partial charge in [0, 0.05) is 10.7 Å². The Kier molecular flexibility index (Phi) is 4.10. The molecular formula is C8H8ClF2NO4S. The lowest BCUT2D eigenvalue weighted by Gasteiger charge is -2.13. The smallest absolute Gasteiger partial charge is 0.272 e. The van der Waals surface area contributed by atoms with Crippen LogP contribution < -0.4 is 9.47 Å². The number of ether oxygens (including phenoxy) is 2. The molecule has 1 heterocycles. The van der Waals surface area contributed by atoms with Crippen molar-refractivity contribution in [3.63, 3.8) is 0 Å². The van der Waals surface area contributed by atoms with Gasteiger partial charge in [0.2, 0.25) is 5.88 Å². The average Bonchev–Trinajstić information content (AvgIpc) is 2.25. The monoisotopic (exact) mass is 287 g/mol. The molecule has 0 aliphatic carbocycles. The molecule has 1 aromatic rings. The van der Waals surface area contributed by atoms with Crippen molar-refractivity contribution < 1.29 is 26.7 Å². The first-order chi connectivity index (χ1) is 7.82. The van der Waals surface area contributed by atoms with E-state index in [0.29, 0.717) is 0 Å². The van der Waals surface area contributed by atoms with Gasteiger partial charge in [0.05, 0.1) is 20.4 Å². The van der Waals surface area contributed by atoms with E-state index in [0.717, 1.165) is 20.4 Å². The molecule has 5 nitrogen and oxygen atoms in total. The average molecular weight is 288 g/mol. The van der Waals surface area contributed by atoms with E-state index >= 15 is 0 Å². The normalized spacial score (nSPS) is 11.6. The molecule has 0 N–H and O–H groups in total. The second-order valence-corrected chi connectivity index (χ2v) is 5.35. The van der Waals surface area contributed by atoms with E-state index in [1.54, 1.807) is 0 Å². The number of rotatable bonds is 4. The molecule has 0 fully saturated rings. The fourth-order valence-corrected chi connectivity index (χ4v) is 2.14. The van der Waals surface area contributed by atoms with E-state index in [4.69, 9.17) is 10.7 Å². The predicted molar refractivity (Wildman–Crippen MR) is 55.3 cm³/mol. The standard InChI is InChI=1S/C8H8ClF2NO4S/c1-15-6-4(17(9,13)14)3-12-8(16-2)5(6)7(10)11/h3,7H,1-2H3. The van der Waals surface area contributed by atoms with E-state index in [1.807, 2.05) is 0 Å². The lowest BCUT2D eigenvalue weighted by Crippen LogP contribution is -2.05. The highest BCUT2D eigenvalue weighted by molar-refractivity contribution is 8.13. The fraction of sp³-hybridized carbons (Fsp3) is 0.375. The maximum absolute atomic E-state index is 12.8. The number of alkyl halides is 2. The van der Waals surface area contributed by atoms with Gasteiger partial charge in [-0.2, -0.15) is 0 Å². The number of hydrogen-bond acceptors (Lipinski definition) is 5. The van der Waals surface area contributed by atoms with Crippen LogP contribution in [0.5, 0.6) is 11.6 Å². The summed E-state index contributed by atoms with van der Waals surface area (Å²) in [5.74, 6) is -0.984. The molecule has 0 bridgehead atoms. The molecular weight excluding hydrogens is 280 g/mol. The number of nitrogens with zero attached hydrogens (tertiary/aromatic N) is 1. The third kappa shape index (κ3) is 2.75. The molecule has 0 spiro atoms. The Labute approximate surface area is 101 Å². The van der Waals surface area contributed by atoms with Crippen LogP contribution in [0.4, 0.5) is 8.78 Å². The van der Waals surface area contributed by atoms with E-state index in [1.165, 1.54) is 0 Å². The molecule has 96 valence electrons. The molecule has 0 aliphatic heterocycles. The van der Waals surface area contributed by atoms with Crippen molar-refractivity contribution in [3.8, 4) is 11.6 Å². The largest absolute Gasteiger partial charge is 0.495 e. The minimum atomic E-state index is -4.23. The minimum Gasteiger partial charge on any atom is -0.495 e. The van der Waals surface area contributed by atoms with E-state index < -0.39 is 37.6 Å². The lowest BCUT2D eigenvalue weighted by atomic mass is 10.2. The van der Waals surface area contributed by atoms with Gasteiger partial charge in [-0.15, -0.1) is 0 Å². The molecule has 0 radical (unpaired) electrons. The van der Waals surface area contributed by atoms with Crippen molar-refractivity contribution >= 4 is 19.7 Å². The SMILES string of the molecule is COc1ncc(S(=O)(=O)Cl)c(OC)c1C(F)F. The molecule has 0 aliphatic rings. The first-order valence-corrected chi connectivity index (χ1v) is 6.47. The zero-order valence-corrected chi connectivity index (χ0v) is 10.3. The van der Waals surface area contributed by atoms with Crippen molar-refractivity contribution in [2.75, 3.05) is 14.2 Å². The first-order valence-electron chi connectivity index (χ1n) is 4.16. The molecule has 0 unspecified atom stereocenters. The molecule has 17 heavy (non-hydrogen) atoms. The van der Waals surface area contributed by atoms with Gasteiger partial charge in [-0.25, -0.2) is 22.2 Å². The van der Waals surface area contributed by atoms with Gasteiger partial charge in [-0.05, 0) is 0 Å². The summed E-state index contributed by atoms with van der Waals surface area (Å²) >= 11 is 0. The van der Waals surface area contributed by atoms with Crippen LogP contribution >= 0.6 is 10.7 Å². The lowest BCUT2D eigenvalue weighted by molar-refractivity contribution is 0.140. The number of aromatic nitrogens is 1. The number of hydrogen-bond donors (Lipinski definition) is 0. The Hall–Kier alpha value is -1.15. The summed E-state index contributed by atoms with van der Waals surface area (Å²) in [5.41, 5.74) is -0.753. The Morgan fingerprint density at radius 3 is 2.29 bits per heavy atom. The first kappa shape index (κ1) is 13.9. The number of methoxy groups -OCH3 is 2. The minimum absolute atomic E-state index is 0.416. The molecule has 0 amide bonds. The van der Waals surface area contributed by atoms with Crippen molar-refractivity contribution in [3.05, 3.63) is 11.8 Å². The Balaban J connectivity index is 3.64. The summed E-state index contributed by atoms with van der Waals surface area (Å²) < 4.78 is 57.1. The van der Waals surface area contributed by atoms with Crippen LogP contribution in [0, 0.1) is 0 Å².